The fraction of sp³-hybridized carbons (Fsp3) is 0.700. The zero-order valence-corrected chi connectivity index (χ0v) is 10.5. The zero-order valence-electron chi connectivity index (χ0n) is 10.5. The van der Waals surface area contributed by atoms with Gasteiger partial charge in [0.1, 0.15) is 0 Å². The minimum atomic E-state index is 0.318. The largest absolute Gasteiger partial charge is 0.464 e. The molecule has 0 amide bonds. The topological polar surface area (TPSA) is 81.2 Å². The smallest absolute Gasteiger partial charge is 0.323 e. The summed E-state index contributed by atoms with van der Waals surface area (Å²) in [4.78, 5) is 12.4. The van der Waals surface area contributed by atoms with Crippen molar-refractivity contribution in [3.8, 4) is 6.01 Å². The maximum Gasteiger partial charge on any atom is 0.323 e. The van der Waals surface area contributed by atoms with Crippen LogP contribution in [0.5, 0.6) is 6.01 Å². The summed E-state index contributed by atoms with van der Waals surface area (Å²) in [6, 6.07) is 0.318. The highest BCUT2D eigenvalue weighted by Crippen LogP contribution is 2.10. The Morgan fingerprint density at radius 3 is 2.35 bits per heavy atom. The van der Waals surface area contributed by atoms with E-state index in [0.29, 0.717) is 37.7 Å². The molecule has 0 aliphatic rings. The number of aromatic nitrogens is 3. The first kappa shape index (κ1) is 13.4. The van der Waals surface area contributed by atoms with Gasteiger partial charge in [-0.05, 0) is 13.8 Å². The van der Waals surface area contributed by atoms with E-state index >= 15 is 0 Å². The van der Waals surface area contributed by atoms with Crippen LogP contribution in [0.3, 0.4) is 0 Å². The summed E-state index contributed by atoms with van der Waals surface area (Å²) in [6.45, 7) is 6.35. The number of hydrogen-bond donors (Lipinski definition) is 2. The van der Waals surface area contributed by atoms with E-state index in [0.717, 1.165) is 6.54 Å². The van der Waals surface area contributed by atoms with Crippen molar-refractivity contribution in [2.75, 3.05) is 44.0 Å². The molecule has 0 aliphatic carbocycles. The van der Waals surface area contributed by atoms with Crippen LogP contribution in [0.2, 0.25) is 0 Å². The minimum Gasteiger partial charge on any atom is -0.464 e. The SMILES string of the molecule is CCNc1nc(NCCOC)nc(OCC)n1. The van der Waals surface area contributed by atoms with Gasteiger partial charge in [0.25, 0.3) is 0 Å². The van der Waals surface area contributed by atoms with E-state index in [9.17, 15) is 0 Å². The Balaban J connectivity index is 2.72. The van der Waals surface area contributed by atoms with Crippen molar-refractivity contribution in [1.29, 1.82) is 0 Å². The quantitative estimate of drug-likeness (QED) is 0.650. The number of rotatable bonds is 8. The molecule has 1 aromatic heterocycles. The summed E-state index contributed by atoms with van der Waals surface area (Å²) in [5.41, 5.74) is 0. The average molecular weight is 241 g/mol. The molecule has 0 aliphatic heterocycles. The predicted molar refractivity (Wildman–Crippen MR) is 65.5 cm³/mol. The molecular formula is C10H19N5O2. The van der Waals surface area contributed by atoms with E-state index in [1.165, 1.54) is 0 Å². The molecule has 7 heteroatoms. The molecule has 1 heterocycles. The minimum absolute atomic E-state index is 0.318. The second-order valence-electron chi connectivity index (χ2n) is 3.15. The highest BCUT2D eigenvalue weighted by Gasteiger charge is 2.05. The highest BCUT2D eigenvalue weighted by molar-refractivity contribution is 5.35. The van der Waals surface area contributed by atoms with Gasteiger partial charge in [-0.2, -0.15) is 15.0 Å². The van der Waals surface area contributed by atoms with E-state index < -0.39 is 0 Å². The van der Waals surface area contributed by atoms with Crippen LogP contribution in [-0.2, 0) is 4.74 Å². The molecule has 0 atom stereocenters. The molecule has 0 saturated heterocycles. The summed E-state index contributed by atoms with van der Waals surface area (Å²) in [5.74, 6) is 0.988. The molecule has 2 N–H and O–H groups in total. The molecule has 0 aromatic carbocycles. The monoisotopic (exact) mass is 241 g/mol. The first-order chi connectivity index (χ1) is 8.30. The first-order valence-corrected chi connectivity index (χ1v) is 5.65. The van der Waals surface area contributed by atoms with Crippen molar-refractivity contribution in [1.82, 2.24) is 15.0 Å². The van der Waals surface area contributed by atoms with Gasteiger partial charge in [-0.25, -0.2) is 0 Å². The van der Waals surface area contributed by atoms with Gasteiger partial charge in [0, 0.05) is 20.2 Å². The Kier molecular flexibility index (Phi) is 6.02. The third kappa shape index (κ3) is 4.81. The molecule has 0 bridgehead atoms. The molecular weight excluding hydrogens is 222 g/mol. The van der Waals surface area contributed by atoms with Crippen LogP contribution in [0.1, 0.15) is 13.8 Å². The molecule has 7 nitrogen and oxygen atoms in total. The van der Waals surface area contributed by atoms with E-state index in [-0.39, 0.29) is 0 Å². The Bertz CT molecular complexity index is 310. The van der Waals surface area contributed by atoms with Crippen LogP contribution in [0.15, 0.2) is 0 Å². The van der Waals surface area contributed by atoms with Crippen molar-refractivity contribution >= 4 is 11.9 Å². The Morgan fingerprint density at radius 1 is 1.06 bits per heavy atom. The van der Waals surface area contributed by atoms with Crippen LogP contribution in [0.25, 0.3) is 0 Å². The van der Waals surface area contributed by atoms with E-state index in [2.05, 4.69) is 25.6 Å². The Labute approximate surface area is 101 Å². The number of hydrogen-bond acceptors (Lipinski definition) is 7. The third-order valence-electron chi connectivity index (χ3n) is 1.81. The molecule has 0 saturated carbocycles. The van der Waals surface area contributed by atoms with Crippen molar-refractivity contribution in [3.05, 3.63) is 0 Å². The summed E-state index contributed by atoms with van der Waals surface area (Å²) in [7, 11) is 1.64. The molecule has 1 rings (SSSR count). The third-order valence-corrected chi connectivity index (χ3v) is 1.81. The summed E-state index contributed by atoms with van der Waals surface area (Å²) >= 11 is 0. The molecule has 0 radical (unpaired) electrons. The zero-order chi connectivity index (χ0) is 12.5. The normalized spacial score (nSPS) is 10.1. The van der Waals surface area contributed by atoms with Crippen LogP contribution in [0.4, 0.5) is 11.9 Å². The summed E-state index contributed by atoms with van der Waals surface area (Å²) < 4.78 is 10.2. The fourth-order valence-corrected chi connectivity index (χ4v) is 1.13. The molecule has 0 fully saturated rings. The van der Waals surface area contributed by atoms with Crippen LogP contribution >= 0.6 is 0 Å². The standard InChI is InChI=1S/C10H19N5O2/c1-4-11-8-13-9(12-6-7-16-3)15-10(14-8)17-5-2/h4-7H2,1-3H3,(H2,11,12,13,14,15). The van der Waals surface area contributed by atoms with Gasteiger partial charge in [-0.3, -0.25) is 0 Å². The van der Waals surface area contributed by atoms with E-state index in [1.54, 1.807) is 7.11 Å². The van der Waals surface area contributed by atoms with Crippen molar-refractivity contribution in [3.63, 3.8) is 0 Å². The van der Waals surface area contributed by atoms with Crippen LogP contribution in [0, 0.1) is 0 Å². The predicted octanol–water partition coefficient (Wildman–Crippen LogP) is 0.760. The van der Waals surface area contributed by atoms with Gasteiger partial charge >= 0.3 is 6.01 Å². The lowest BCUT2D eigenvalue weighted by atomic mass is 10.6. The lowest BCUT2D eigenvalue weighted by molar-refractivity contribution is 0.210. The lowest BCUT2D eigenvalue weighted by Crippen LogP contribution is -2.13. The lowest BCUT2D eigenvalue weighted by Gasteiger charge is -2.08. The average Bonchev–Trinajstić information content (AvgIpc) is 2.30. The van der Waals surface area contributed by atoms with Gasteiger partial charge < -0.3 is 20.1 Å². The van der Waals surface area contributed by atoms with Gasteiger partial charge in [0.15, 0.2) is 0 Å². The molecule has 1 aromatic rings. The Morgan fingerprint density at radius 2 is 1.76 bits per heavy atom. The second-order valence-corrected chi connectivity index (χ2v) is 3.15. The van der Waals surface area contributed by atoms with Crippen LogP contribution in [-0.4, -0.2) is 48.4 Å². The number of ether oxygens (including phenoxy) is 2. The van der Waals surface area contributed by atoms with Crippen molar-refractivity contribution in [2.24, 2.45) is 0 Å². The summed E-state index contributed by atoms with van der Waals surface area (Å²) in [6.07, 6.45) is 0. The van der Waals surface area contributed by atoms with Gasteiger partial charge in [-0.1, -0.05) is 0 Å². The second kappa shape index (κ2) is 7.61. The maximum absolute atomic E-state index is 5.27. The first-order valence-electron chi connectivity index (χ1n) is 5.65. The van der Waals surface area contributed by atoms with Crippen LogP contribution < -0.4 is 15.4 Å². The molecule has 0 spiro atoms. The van der Waals surface area contributed by atoms with Crippen molar-refractivity contribution < 1.29 is 9.47 Å². The van der Waals surface area contributed by atoms with Gasteiger partial charge in [0.05, 0.1) is 13.2 Å². The summed E-state index contributed by atoms with van der Waals surface area (Å²) in [5, 5.41) is 6.06. The van der Waals surface area contributed by atoms with Gasteiger partial charge in [-0.15, -0.1) is 0 Å². The van der Waals surface area contributed by atoms with E-state index in [1.807, 2.05) is 13.8 Å². The molecule has 17 heavy (non-hydrogen) atoms. The molecule has 0 unspecified atom stereocenters. The number of nitrogens with zero attached hydrogens (tertiary/aromatic N) is 3. The highest BCUT2D eigenvalue weighted by atomic mass is 16.5. The van der Waals surface area contributed by atoms with Crippen molar-refractivity contribution in [2.45, 2.75) is 13.8 Å². The Hall–Kier alpha value is -1.63. The number of nitrogens with one attached hydrogen (secondary N) is 2. The number of methoxy groups -OCH3 is 1. The maximum atomic E-state index is 5.27. The fourth-order valence-electron chi connectivity index (χ4n) is 1.13. The van der Waals surface area contributed by atoms with E-state index in [4.69, 9.17) is 9.47 Å². The van der Waals surface area contributed by atoms with Gasteiger partial charge in [0.2, 0.25) is 11.9 Å². The number of anilines is 2. The molecule has 96 valence electrons.